The minimum absolute atomic E-state index is 0.0983. The van der Waals surface area contributed by atoms with Crippen molar-refractivity contribution in [2.24, 2.45) is 11.7 Å². The maximum absolute atomic E-state index is 13.6. The van der Waals surface area contributed by atoms with Crippen LogP contribution in [-0.4, -0.2) is 16.9 Å². The molecule has 0 bridgehead atoms. The van der Waals surface area contributed by atoms with Crippen molar-refractivity contribution in [2.45, 2.75) is 25.3 Å². The van der Waals surface area contributed by atoms with E-state index in [1.165, 1.54) is 0 Å². The Labute approximate surface area is 113 Å². The molecule has 6 nitrogen and oxygen atoms in total. The molecule has 1 amide bonds. The fourth-order valence-electron chi connectivity index (χ4n) is 2.31. The van der Waals surface area contributed by atoms with Gasteiger partial charge in [0.15, 0.2) is 11.5 Å². The van der Waals surface area contributed by atoms with Crippen LogP contribution in [-0.2, 0) is 4.79 Å². The van der Waals surface area contributed by atoms with Gasteiger partial charge in [0.05, 0.1) is 11.0 Å². The Bertz CT molecular complexity index is 565. The summed E-state index contributed by atoms with van der Waals surface area (Å²) < 4.78 is 26.6. The molecule has 0 heterocycles. The molecule has 2 rings (SSSR count). The third-order valence-electron chi connectivity index (χ3n) is 3.32. The molecule has 1 aliphatic rings. The molecule has 20 heavy (non-hydrogen) atoms. The van der Waals surface area contributed by atoms with Gasteiger partial charge >= 0.3 is 0 Å². The molecule has 3 N–H and O–H groups in total. The van der Waals surface area contributed by atoms with Crippen LogP contribution in [0.5, 0.6) is 0 Å². The molecule has 1 aromatic carbocycles. The Morgan fingerprint density at radius 1 is 1.40 bits per heavy atom. The van der Waals surface area contributed by atoms with Crippen molar-refractivity contribution in [3.63, 3.8) is 0 Å². The first-order chi connectivity index (χ1) is 9.38. The van der Waals surface area contributed by atoms with Crippen LogP contribution < -0.4 is 11.1 Å². The molecule has 0 spiro atoms. The van der Waals surface area contributed by atoms with E-state index in [-0.39, 0.29) is 6.04 Å². The van der Waals surface area contributed by atoms with Crippen LogP contribution in [0.4, 0.5) is 20.2 Å². The third kappa shape index (κ3) is 2.90. The number of nitrogens with one attached hydrogen (secondary N) is 1. The number of hydrogen-bond acceptors (Lipinski definition) is 4. The van der Waals surface area contributed by atoms with Crippen LogP contribution in [0.3, 0.4) is 0 Å². The van der Waals surface area contributed by atoms with Crippen molar-refractivity contribution in [3.05, 3.63) is 33.9 Å². The van der Waals surface area contributed by atoms with Gasteiger partial charge in [-0.1, -0.05) is 0 Å². The zero-order valence-corrected chi connectivity index (χ0v) is 10.4. The molecule has 2 atom stereocenters. The van der Waals surface area contributed by atoms with Crippen LogP contribution >= 0.6 is 0 Å². The second kappa shape index (κ2) is 5.49. The Morgan fingerprint density at radius 3 is 2.65 bits per heavy atom. The molecule has 1 saturated carbocycles. The van der Waals surface area contributed by atoms with Crippen molar-refractivity contribution in [3.8, 4) is 0 Å². The Balaban J connectivity index is 2.24. The number of nitrogens with two attached hydrogens (primary N) is 1. The SMILES string of the molecule is NC1CCC(C(=O)Nc2c(F)cc(F)cc2[N+](=O)[O-])C1. The number of benzene rings is 1. The summed E-state index contributed by atoms with van der Waals surface area (Å²) in [5.41, 5.74) is 4.26. The maximum atomic E-state index is 13.6. The molecule has 0 saturated heterocycles. The van der Waals surface area contributed by atoms with Gasteiger partial charge in [-0.05, 0) is 19.3 Å². The first kappa shape index (κ1) is 14.3. The molecule has 0 aromatic heterocycles. The quantitative estimate of drug-likeness (QED) is 0.655. The van der Waals surface area contributed by atoms with E-state index in [0.717, 1.165) is 0 Å². The van der Waals surface area contributed by atoms with E-state index in [0.29, 0.717) is 31.4 Å². The van der Waals surface area contributed by atoms with Crippen molar-refractivity contribution in [1.82, 2.24) is 0 Å². The van der Waals surface area contributed by atoms with Gasteiger partial charge in [-0.2, -0.15) is 0 Å². The highest BCUT2D eigenvalue weighted by Gasteiger charge is 2.30. The molecule has 0 radical (unpaired) electrons. The Kier molecular flexibility index (Phi) is 3.93. The zero-order chi connectivity index (χ0) is 14.9. The summed E-state index contributed by atoms with van der Waals surface area (Å²) in [6.45, 7) is 0. The molecule has 8 heteroatoms. The summed E-state index contributed by atoms with van der Waals surface area (Å²) in [6.07, 6.45) is 1.66. The molecular formula is C12H13F2N3O3. The predicted octanol–water partition coefficient (Wildman–Crippen LogP) is 1.94. The van der Waals surface area contributed by atoms with Gasteiger partial charge in [-0.3, -0.25) is 14.9 Å². The molecular weight excluding hydrogens is 272 g/mol. The standard InChI is InChI=1S/C12H13F2N3O3/c13-7-4-9(14)11(10(5-7)17(19)20)16-12(18)6-1-2-8(15)3-6/h4-6,8H,1-3,15H2,(H,16,18). The summed E-state index contributed by atoms with van der Waals surface area (Å²) >= 11 is 0. The van der Waals surface area contributed by atoms with Gasteiger partial charge in [0, 0.05) is 18.0 Å². The van der Waals surface area contributed by atoms with E-state index >= 15 is 0 Å². The smallest absolute Gasteiger partial charge is 0.298 e. The van der Waals surface area contributed by atoms with Gasteiger partial charge < -0.3 is 11.1 Å². The number of hydrogen-bond donors (Lipinski definition) is 2. The summed E-state index contributed by atoms with van der Waals surface area (Å²) in [5, 5.41) is 13.0. The second-order valence-electron chi connectivity index (χ2n) is 4.80. The molecule has 2 unspecified atom stereocenters. The van der Waals surface area contributed by atoms with Gasteiger partial charge in [0.25, 0.3) is 5.69 Å². The Hall–Kier alpha value is -2.09. The number of anilines is 1. The number of rotatable bonds is 3. The average Bonchev–Trinajstić information content (AvgIpc) is 2.78. The number of amides is 1. The number of halogens is 2. The normalized spacial score (nSPS) is 21.8. The lowest BCUT2D eigenvalue weighted by Crippen LogP contribution is -2.24. The lowest BCUT2D eigenvalue weighted by Gasteiger charge is -2.11. The van der Waals surface area contributed by atoms with Crippen LogP contribution in [0.15, 0.2) is 12.1 Å². The van der Waals surface area contributed by atoms with E-state index in [1.807, 2.05) is 0 Å². The highest BCUT2D eigenvalue weighted by Crippen LogP contribution is 2.31. The van der Waals surface area contributed by atoms with Crippen molar-refractivity contribution >= 4 is 17.3 Å². The van der Waals surface area contributed by atoms with Crippen LogP contribution in [0.25, 0.3) is 0 Å². The number of carbonyl (C=O) groups is 1. The molecule has 0 aliphatic heterocycles. The number of carbonyl (C=O) groups excluding carboxylic acids is 1. The average molecular weight is 285 g/mol. The third-order valence-corrected chi connectivity index (χ3v) is 3.32. The Morgan fingerprint density at radius 2 is 2.10 bits per heavy atom. The lowest BCUT2D eigenvalue weighted by atomic mass is 10.1. The summed E-state index contributed by atoms with van der Waals surface area (Å²) in [7, 11) is 0. The van der Waals surface area contributed by atoms with E-state index in [2.05, 4.69) is 5.32 Å². The van der Waals surface area contributed by atoms with Gasteiger partial charge in [0.2, 0.25) is 5.91 Å². The fraction of sp³-hybridized carbons (Fsp3) is 0.417. The lowest BCUT2D eigenvalue weighted by molar-refractivity contribution is -0.384. The first-order valence-electron chi connectivity index (χ1n) is 6.08. The minimum Gasteiger partial charge on any atom is -0.328 e. The monoisotopic (exact) mass is 285 g/mol. The van der Waals surface area contributed by atoms with Crippen molar-refractivity contribution in [1.29, 1.82) is 0 Å². The van der Waals surface area contributed by atoms with Crippen molar-refractivity contribution < 1.29 is 18.5 Å². The first-order valence-corrected chi connectivity index (χ1v) is 6.08. The molecule has 1 aromatic rings. The van der Waals surface area contributed by atoms with E-state index in [4.69, 9.17) is 5.73 Å². The molecule has 1 aliphatic carbocycles. The molecule has 108 valence electrons. The van der Waals surface area contributed by atoms with Crippen LogP contribution in [0.2, 0.25) is 0 Å². The topological polar surface area (TPSA) is 98.3 Å². The highest BCUT2D eigenvalue weighted by molar-refractivity contribution is 5.95. The second-order valence-corrected chi connectivity index (χ2v) is 4.80. The summed E-state index contributed by atoms with van der Waals surface area (Å²) in [6, 6.07) is 0.959. The van der Waals surface area contributed by atoms with Gasteiger partial charge in [0.1, 0.15) is 5.82 Å². The van der Waals surface area contributed by atoms with Gasteiger partial charge in [-0.25, -0.2) is 8.78 Å². The van der Waals surface area contributed by atoms with Crippen molar-refractivity contribution in [2.75, 3.05) is 5.32 Å². The summed E-state index contributed by atoms with van der Waals surface area (Å²) in [4.78, 5) is 21.8. The zero-order valence-electron chi connectivity index (χ0n) is 10.4. The largest absolute Gasteiger partial charge is 0.328 e. The predicted molar refractivity (Wildman–Crippen MR) is 67.0 cm³/mol. The van der Waals surface area contributed by atoms with E-state index in [1.54, 1.807) is 0 Å². The summed E-state index contributed by atoms with van der Waals surface area (Å²) in [5.74, 6) is -3.19. The fourth-order valence-corrected chi connectivity index (χ4v) is 2.31. The van der Waals surface area contributed by atoms with Crippen LogP contribution in [0.1, 0.15) is 19.3 Å². The maximum Gasteiger partial charge on any atom is 0.298 e. The van der Waals surface area contributed by atoms with E-state index < -0.39 is 39.8 Å². The highest BCUT2D eigenvalue weighted by atomic mass is 19.1. The number of nitro groups is 1. The molecule has 1 fully saturated rings. The number of nitro benzene ring substituents is 1. The van der Waals surface area contributed by atoms with E-state index in [9.17, 15) is 23.7 Å². The number of nitrogens with zero attached hydrogens (tertiary/aromatic N) is 1. The van der Waals surface area contributed by atoms with Gasteiger partial charge in [-0.15, -0.1) is 0 Å². The van der Waals surface area contributed by atoms with Crippen LogP contribution in [0, 0.1) is 27.7 Å². The minimum atomic E-state index is -1.17.